The Morgan fingerprint density at radius 3 is 2.17 bits per heavy atom. The van der Waals surface area contributed by atoms with Gasteiger partial charge in [0.1, 0.15) is 23.9 Å². The highest BCUT2D eigenvalue weighted by atomic mass is 32.2. The second-order valence-corrected chi connectivity index (χ2v) is 16.5. The number of rotatable bonds is 22. The smallest absolute Gasteiger partial charge is 0.230 e. The van der Waals surface area contributed by atoms with Gasteiger partial charge in [-0.2, -0.15) is 4.98 Å². The highest BCUT2D eigenvalue weighted by Gasteiger charge is 2.23. The SMILES string of the molecule is COc1cc(Nc2nccc(Oc3ccc(NC(O)Nc4cc(C(C)(C)C)cc(NS(C)(=O)=O)c4OC)c4ccccc34)n2)cc(OCCOCCOCCN(C)C)c1. The van der Waals surface area contributed by atoms with E-state index >= 15 is 0 Å². The van der Waals surface area contributed by atoms with E-state index in [0.29, 0.717) is 73.2 Å². The summed E-state index contributed by atoms with van der Waals surface area (Å²) in [4.78, 5) is 11.0. The zero-order valence-electron chi connectivity index (χ0n) is 34.8. The molecule has 0 amide bonds. The third-order valence-corrected chi connectivity index (χ3v) is 9.28. The molecule has 0 radical (unpaired) electrons. The van der Waals surface area contributed by atoms with Crippen molar-refractivity contribution in [1.29, 1.82) is 0 Å². The molecule has 5 rings (SSSR count). The van der Waals surface area contributed by atoms with E-state index in [0.717, 1.165) is 29.1 Å². The Hall–Kier alpha value is -5.59. The minimum absolute atomic E-state index is 0.228. The molecular weight excluding hydrogens is 779 g/mol. The van der Waals surface area contributed by atoms with Crippen LogP contribution in [-0.2, 0) is 24.9 Å². The molecule has 1 aromatic heterocycles. The Bertz CT molecular complexity index is 2270. The van der Waals surface area contributed by atoms with E-state index in [1.165, 1.54) is 7.11 Å². The Morgan fingerprint density at radius 2 is 1.47 bits per heavy atom. The van der Waals surface area contributed by atoms with Crippen LogP contribution in [0.25, 0.3) is 10.8 Å². The number of likely N-dealkylation sites (N-methyl/N-ethyl adjacent to an activating group) is 1. The first kappa shape index (κ1) is 44.5. The van der Waals surface area contributed by atoms with Crippen LogP contribution < -0.4 is 39.6 Å². The predicted octanol–water partition coefficient (Wildman–Crippen LogP) is 6.63. The Labute approximate surface area is 346 Å². The molecule has 0 aliphatic carbocycles. The first-order valence-corrected chi connectivity index (χ1v) is 20.8. The Morgan fingerprint density at radius 1 is 0.797 bits per heavy atom. The van der Waals surface area contributed by atoms with Crippen molar-refractivity contribution in [3.63, 3.8) is 0 Å². The van der Waals surface area contributed by atoms with Gasteiger partial charge in [0.15, 0.2) is 5.75 Å². The minimum atomic E-state index is -3.62. The summed E-state index contributed by atoms with van der Waals surface area (Å²) in [6.07, 6.45) is 1.35. The van der Waals surface area contributed by atoms with Crippen molar-refractivity contribution in [2.24, 2.45) is 0 Å². The fraction of sp³-hybridized carbons (Fsp3) is 0.381. The van der Waals surface area contributed by atoms with E-state index in [9.17, 15) is 13.5 Å². The number of sulfonamides is 1. The van der Waals surface area contributed by atoms with Gasteiger partial charge in [-0.3, -0.25) is 4.72 Å². The summed E-state index contributed by atoms with van der Waals surface area (Å²) in [6.45, 7) is 9.27. The van der Waals surface area contributed by atoms with Gasteiger partial charge in [0, 0.05) is 59.2 Å². The lowest BCUT2D eigenvalue weighted by molar-refractivity contribution is 0.0324. The molecule has 0 aliphatic heterocycles. The molecule has 1 heterocycles. The van der Waals surface area contributed by atoms with Gasteiger partial charge in [0.05, 0.1) is 58.3 Å². The third-order valence-electron chi connectivity index (χ3n) is 8.69. The minimum Gasteiger partial charge on any atom is -0.497 e. The number of ether oxygens (including phenoxy) is 6. The van der Waals surface area contributed by atoms with E-state index in [1.807, 2.05) is 71.3 Å². The number of nitrogens with one attached hydrogen (secondary N) is 4. The zero-order valence-corrected chi connectivity index (χ0v) is 35.6. The molecule has 0 saturated heterocycles. The number of nitrogens with zero attached hydrogens (tertiary/aromatic N) is 3. The predicted molar refractivity (Wildman–Crippen MR) is 231 cm³/mol. The van der Waals surface area contributed by atoms with Gasteiger partial charge >= 0.3 is 0 Å². The molecule has 1 atom stereocenters. The van der Waals surface area contributed by atoms with E-state index in [1.54, 1.807) is 49.7 Å². The highest BCUT2D eigenvalue weighted by Crippen LogP contribution is 2.40. The van der Waals surface area contributed by atoms with Crippen LogP contribution in [0.4, 0.5) is 28.7 Å². The summed E-state index contributed by atoms with van der Waals surface area (Å²) < 4.78 is 61.4. The van der Waals surface area contributed by atoms with E-state index in [4.69, 9.17) is 28.4 Å². The summed E-state index contributed by atoms with van der Waals surface area (Å²) in [5.41, 5.74) is 2.37. The summed E-state index contributed by atoms with van der Waals surface area (Å²) >= 11 is 0. The van der Waals surface area contributed by atoms with Gasteiger partial charge in [-0.05, 0) is 49.3 Å². The summed E-state index contributed by atoms with van der Waals surface area (Å²) in [5.74, 6) is 2.49. The van der Waals surface area contributed by atoms with Gasteiger partial charge in [0.2, 0.25) is 28.2 Å². The van der Waals surface area contributed by atoms with Crippen LogP contribution in [0.5, 0.6) is 28.9 Å². The fourth-order valence-corrected chi connectivity index (χ4v) is 6.37. The average molecular weight is 834 g/mol. The number of aliphatic hydroxyl groups excluding tert-OH is 1. The molecule has 59 heavy (non-hydrogen) atoms. The number of benzene rings is 4. The molecule has 4 aromatic carbocycles. The van der Waals surface area contributed by atoms with Crippen molar-refractivity contribution >= 4 is 49.5 Å². The number of hydrogen-bond acceptors (Lipinski definition) is 15. The molecule has 5 aromatic rings. The normalized spacial score (nSPS) is 12.2. The quantitative estimate of drug-likeness (QED) is 0.0369. The first-order valence-electron chi connectivity index (χ1n) is 18.9. The molecule has 0 bridgehead atoms. The van der Waals surface area contributed by atoms with Crippen LogP contribution in [0, 0.1) is 0 Å². The Kier molecular flexibility index (Phi) is 15.4. The zero-order chi connectivity index (χ0) is 42.6. The molecule has 0 aliphatic rings. The van der Waals surface area contributed by atoms with Crippen molar-refractivity contribution in [2.75, 3.05) is 94.8 Å². The lowest BCUT2D eigenvalue weighted by Crippen LogP contribution is -2.29. The van der Waals surface area contributed by atoms with Crippen molar-refractivity contribution in [3.8, 4) is 28.9 Å². The average Bonchev–Trinajstić information content (AvgIpc) is 3.17. The number of hydrogen-bond donors (Lipinski definition) is 5. The fourth-order valence-electron chi connectivity index (χ4n) is 5.82. The lowest BCUT2D eigenvalue weighted by Gasteiger charge is -2.26. The maximum Gasteiger partial charge on any atom is 0.230 e. The number of aromatic nitrogens is 2. The maximum atomic E-state index is 12.2. The van der Waals surface area contributed by atoms with Crippen LogP contribution in [-0.4, -0.2) is 109 Å². The second-order valence-electron chi connectivity index (χ2n) is 14.8. The van der Waals surface area contributed by atoms with Gasteiger partial charge in [0.25, 0.3) is 0 Å². The summed E-state index contributed by atoms with van der Waals surface area (Å²) in [5, 5.41) is 22.1. The van der Waals surface area contributed by atoms with E-state index in [-0.39, 0.29) is 22.8 Å². The van der Waals surface area contributed by atoms with Crippen molar-refractivity contribution in [2.45, 2.75) is 32.5 Å². The molecule has 0 spiro atoms. The van der Waals surface area contributed by atoms with Crippen molar-refractivity contribution in [1.82, 2.24) is 14.9 Å². The summed E-state index contributed by atoms with van der Waals surface area (Å²) in [6, 6.07) is 21.7. The van der Waals surface area contributed by atoms with Gasteiger partial charge in [-0.1, -0.05) is 45.0 Å². The van der Waals surface area contributed by atoms with Crippen LogP contribution in [0.3, 0.4) is 0 Å². The second kappa shape index (κ2) is 20.4. The van der Waals surface area contributed by atoms with Crippen molar-refractivity contribution < 1.29 is 41.9 Å². The topological polar surface area (TPSA) is 187 Å². The standard InChI is InChI=1S/C42H55N7O9S/c1-42(2,3)28-23-35(39(54-7)36(24-28)48-59(8,51)52)46-41(50)45-34-13-14-37(33-12-10-9-11-32(33)34)58-38-15-16-43-40(47-38)44-29-25-30(53-6)27-31(26-29)57-22-21-56-20-19-55-18-17-49(4)5/h9-16,23-27,41,45-46,48,50H,17-22H2,1-8H3,(H,43,44,47). The monoisotopic (exact) mass is 833 g/mol. The van der Waals surface area contributed by atoms with Gasteiger partial charge in [-0.25, -0.2) is 13.4 Å². The van der Waals surface area contributed by atoms with Crippen LogP contribution in [0.1, 0.15) is 26.3 Å². The molecular formula is C42H55N7O9S. The molecule has 318 valence electrons. The molecule has 0 saturated carbocycles. The lowest BCUT2D eigenvalue weighted by atomic mass is 9.86. The summed E-state index contributed by atoms with van der Waals surface area (Å²) in [7, 11) is 3.40. The van der Waals surface area contributed by atoms with Gasteiger partial charge in [-0.15, -0.1) is 0 Å². The Balaban J connectivity index is 1.26. The van der Waals surface area contributed by atoms with Crippen LogP contribution >= 0.6 is 0 Å². The molecule has 17 heteroatoms. The maximum absolute atomic E-state index is 12.2. The van der Waals surface area contributed by atoms with E-state index < -0.39 is 16.4 Å². The van der Waals surface area contributed by atoms with E-state index in [2.05, 4.69) is 35.5 Å². The van der Waals surface area contributed by atoms with Crippen molar-refractivity contribution in [3.05, 3.63) is 84.6 Å². The molecule has 0 fully saturated rings. The third kappa shape index (κ3) is 13.5. The van der Waals surface area contributed by atoms with Crippen LogP contribution in [0.15, 0.2) is 79.0 Å². The van der Waals surface area contributed by atoms with Gasteiger partial charge < -0.3 is 54.4 Å². The number of methoxy groups -OCH3 is 2. The van der Waals surface area contributed by atoms with Crippen LogP contribution in [0.2, 0.25) is 0 Å². The molecule has 5 N–H and O–H groups in total. The number of anilines is 5. The number of fused-ring (bicyclic) bond motifs is 1. The number of aliphatic hydroxyl groups is 1. The highest BCUT2D eigenvalue weighted by molar-refractivity contribution is 7.92. The first-order chi connectivity index (χ1) is 28.1. The molecule has 1 unspecified atom stereocenters. The molecule has 16 nitrogen and oxygen atoms in total. The largest absolute Gasteiger partial charge is 0.497 e.